The first-order valence-electron chi connectivity index (χ1n) is 7.67. The number of nitrogens with zero attached hydrogens (tertiary/aromatic N) is 1. The van der Waals surface area contributed by atoms with E-state index >= 15 is 0 Å². The molecule has 0 aliphatic carbocycles. The molecule has 2 aromatic carbocycles. The Morgan fingerprint density at radius 3 is 2.42 bits per heavy atom. The SMILES string of the molecule is O=C(COc1ccc(-c2ccccc2)cc1)N/N=C\c1cc(Br)c(Br)o1. The Kier molecular flexibility index (Phi) is 6.25. The maximum absolute atomic E-state index is 11.8. The Morgan fingerprint density at radius 1 is 1.08 bits per heavy atom. The molecule has 1 amide bonds. The number of benzene rings is 2. The van der Waals surface area contributed by atoms with Crippen LogP contribution in [0.15, 0.2) is 79.3 Å². The van der Waals surface area contributed by atoms with Crippen molar-refractivity contribution in [3.8, 4) is 16.9 Å². The van der Waals surface area contributed by atoms with Crippen molar-refractivity contribution in [2.45, 2.75) is 0 Å². The second-order valence-electron chi connectivity index (χ2n) is 5.24. The molecule has 3 aromatic rings. The molecule has 0 aliphatic rings. The Labute approximate surface area is 167 Å². The molecule has 1 aromatic heterocycles. The molecule has 0 saturated carbocycles. The highest BCUT2D eigenvalue weighted by molar-refractivity contribution is 9.13. The molecule has 0 spiro atoms. The summed E-state index contributed by atoms with van der Waals surface area (Å²) in [6, 6.07) is 19.3. The predicted molar refractivity (Wildman–Crippen MR) is 107 cm³/mol. The quantitative estimate of drug-likeness (QED) is 0.401. The van der Waals surface area contributed by atoms with Gasteiger partial charge in [-0.2, -0.15) is 5.10 Å². The molecule has 132 valence electrons. The largest absolute Gasteiger partial charge is 0.484 e. The van der Waals surface area contributed by atoms with Gasteiger partial charge in [-0.05, 0) is 55.1 Å². The average molecular weight is 478 g/mol. The highest BCUT2D eigenvalue weighted by atomic mass is 79.9. The lowest BCUT2D eigenvalue weighted by atomic mass is 10.1. The van der Waals surface area contributed by atoms with E-state index in [2.05, 4.69) is 42.4 Å². The van der Waals surface area contributed by atoms with Gasteiger partial charge in [-0.1, -0.05) is 42.5 Å². The van der Waals surface area contributed by atoms with Crippen LogP contribution >= 0.6 is 31.9 Å². The number of hydrazone groups is 1. The van der Waals surface area contributed by atoms with E-state index in [-0.39, 0.29) is 12.5 Å². The normalized spacial score (nSPS) is 10.8. The maximum atomic E-state index is 11.8. The fourth-order valence-electron chi connectivity index (χ4n) is 2.15. The molecule has 7 heteroatoms. The number of ether oxygens (including phenoxy) is 1. The third-order valence-corrected chi connectivity index (χ3v) is 5.09. The molecule has 5 nitrogen and oxygen atoms in total. The number of hydrogen-bond donors (Lipinski definition) is 1. The van der Waals surface area contributed by atoms with Crippen LogP contribution in [0.4, 0.5) is 0 Å². The second kappa shape index (κ2) is 8.82. The average Bonchev–Trinajstić information content (AvgIpc) is 2.99. The fourth-order valence-corrected chi connectivity index (χ4v) is 2.76. The first kappa shape index (κ1) is 18.4. The molecule has 1 heterocycles. The van der Waals surface area contributed by atoms with Crippen molar-refractivity contribution in [2.75, 3.05) is 6.61 Å². The van der Waals surface area contributed by atoms with Crippen LogP contribution in [0.3, 0.4) is 0 Å². The lowest BCUT2D eigenvalue weighted by Crippen LogP contribution is -2.24. The summed E-state index contributed by atoms with van der Waals surface area (Å²) in [7, 11) is 0. The molecule has 0 saturated heterocycles. The summed E-state index contributed by atoms with van der Waals surface area (Å²) in [5.41, 5.74) is 4.60. The van der Waals surface area contributed by atoms with Crippen LogP contribution in [-0.4, -0.2) is 18.7 Å². The lowest BCUT2D eigenvalue weighted by Gasteiger charge is -2.06. The molecule has 3 rings (SSSR count). The Morgan fingerprint density at radius 2 is 1.77 bits per heavy atom. The van der Waals surface area contributed by atoms with E-state index in [4.69, 9.17) is 9.15 Å². The Balaban J connectivity index is 1.48. The third kappa shape index (κ3) is 5.06. The third-order valence-electron chi connectivity index (χ3n) is 3.38. The summed E-state index contributed by atoms with van der Waals surface area (Å²) in [6.07, 6.45) is 1.40. The molecule has 0 fully saturated rings. The van der Waals surface area contributed by atoms with Gasteiger partial charge in [0.15, 0.2) is 11.3 Å². The monoisotopic (exact) mass is 476 g/mol. The van der Waals surface area contributed by atoms with Crippen molar-refractivity contribution in [3.63, 3.8) is 0 Å². The van der Waals surface area contributed by atoms with E-state index in [0.29, 0.717) is 16.2 Å². The molecule has 0 aliphatic heterocycles. The van der Waals surface area contributed by atoms with E-state index in [1.165, 1.54) is 6.21 Å². The van der Waals surface area contributed by atoms with E-state index in [0.717, 1.165) is 15.6 Å². The minimum absolute atomic E-state index is 0.131. The van der Waals surface area contributed by atoms with Gasteiger partial charge >= 0.3 is 0 Å². The van der Waals surface area contributed by atoms with E-state index in [1.807, 2.05) is 54.6 Å². The number of amides is 1. The van der Waals surface area contributed by atoms with Gasteiger partial charge in [-0.3, -0.25) is 4.79 Å². The second-order valence-corrected chi connectivity index (χ2v) is 6.82. The summed E-state index contributed by atoms with van der Waals surface area (Å²) < 4.78 is 12.1. The maximum Gasteiger partial charge on any atom is 0.277 e. The number of furan rings is 1. The van der Waals surface area contributed by atoms with Gasteiger partial charge in [0.25, 0.3) is 5.91 Å². The number of hydrogen-bond acceptors (Lipinski definition) is 4. The van der Waals surface area contributed by atoms with Crippen molar-refractivity contribution >= 4 is 44.0 Å². The van der Waals surface area contributed by atoms with Gasteiger partial charge in [0.05, 0.1) is 10.7 Å². The smallest absolute Gasteiger partial charge is 0.277 e. The molecule has 0 unspecified atom stereocenters. The van der Waals surface area contributed by atoms with Gasteiger partial charge in [-0.25, -0.2) is 5.43 Å². The standard InChI is InChI=1S/C19H14Br2N2O3/c20-17-10-16(26-19(17)21)11-22-23-18(24)12-25-15-8-6-14(7-9-15)13-4-2-1-3-5-13/h1-11H,12H2,(H,23,24)/b22-11-. The van der Waals surface area contributed by atoms with Crippen molar-refractivity contribution in [1.82, 2.24) is 5.43 Å². The van der Waals surface area contributed by atoms with Crippen LogP contribution in [0.1, 0.15) is 5.76 Å². The predicted octanol–water partition coefficient (Wildman–Crippen LogP) is 5.00. The van der Waals surface area contributed by atoms with Gasteiger partial charge < -0.3 is 9.15 Å². The van der Waals surface area contributed by atoms with Crippen molar-refractivity contribution in [3.05, 3.63) is 75.6 Å². The van der Waals surface area contributed by atoms with Gasteiger partial charge in [0, 0.05) is 6.07 Å². The summed E-state index contributed by atoms with van der Waals surface area (Å²) in [6.45, 7) is -0.131. The van der Waals surface area contributed by atoms with Crippen LogP contribution in [0.25, 0.3) is 11.1 Å². The van der Waals surface area contributed by atoms with Crippen molar-refractivity contribution in [2.24, 2.45) is 5.10 Å². The zero-order valence-corrected chi connectivity index (χ0v) is 16.7. The molecule has 0 bridgehead atoms. The van der Waals surface area contributed by atoms with Crippen LogP contribution in [-0.2, 0) is 4.79 Å². The molecule has 26 heavy (non-hydrogen) atoms. The number of rotatable bonds is 6. The zero-order chi connectivity index (χ0) is 18.4. The number of halogens is 2. The molecule has 0 atom stereocenters. The Hall–Kier alpha value is -2.38. The summed E-state index contributed by atoms with van der Waals surface area (Å²) in [5, 5.41) is 3.82. The molecule has 1 N–H and O–H groups in total. The molecule has 0 radical (unpaired) electrons. The highest BCUT2D eigenvalue weighted by Gasteiger charge is 2.05. The number of carbonyl (C=O) groups is 1. The highest BCUT2D eigenvalue weighted by Crippen LogP contribution is 2.25. The minimum Gasteiger partial charge on any atom is -0.484 e. The zero-order valence-electron chi connectivity index (χ0n) is 13.5. The van der Waals surface area contributed by atoms with Crippen LogP contribution in [0.2, 0.25) is 0 Å². The van der Waals surface area contributed by atoms with E-state index in [1.54, 1.807) is 6.07 Å². The Bertz CT molecular complexity index is 887. The van der Waals surface area contributed by atoms with Crippen LogP contribution in [0, 0.1) is 0 Å². The number of nitrogens with one attached hydrogen (secondary N) is 1. The van der Waals surface area contributed by atoms with Crippen LogP contribution in [0.5, 0.6) is 5.75 Å². The summed E-state index contributed by atoms with van der Waals surface area (Å²) in [5.74, 6) is 0.752. The first-order chi connectivity index (χ1) is 12.6. The lowest BCUT2D eigenvalue weighted by molar-refractivity contribution is -0.123. The van der Waals surface area contributed by atoms with Gasteiger partial charge in [0.2, 0.25) is 0 Å². The first-order valence-corrected chi connectivity index (χ1v) is 9.25. The topological polar surface area (TPSA) is 63.8 Å². The van der Waals surface area contributed by atoms with E-state index in [9.17, 15) is 4.79 Å². The summed E-state index contributed by atoms with van der Waals surface area (Å²) >= 11 is 6.52. The summed E-state index contributed by atoms with van der Waals surface area (Å²) in [4.78, 5) is 11.8. The number of carbonyl (C=O) groups excluding carboxylic acids is 1. The molecular weight excluding hydrogens is 464 g/mol. The van der Waals surface area contributed by atoms with Gasteiger partial charge in [0.1, 0.15) is 11.5 Å². The van der Waals surface area contributed by atoms with Crippen molar-refractivity contribution in [1.29, 1.82) is 0 Å². The minimum atomic E-state index is -0.363. The van der Waals surface area contributed by atoms with Gasteiger partial charge in [-0.15, -0.1) is 0 Å². The fraction of sp³-hybridized carbons (Fsp3) is 0.0526. The van der Waals surface area contributed by atoms with E-state index < -0.39 is 0 Å². The molecular formula is C19H14Br2N2O3. The van der Waals surface area contributed by atoms with Crippen LogP contribution < -0.4 is 10.2 Å². The van der Waals surface area contributed by atoms with Crippen molar-refractivity contribution < 1.29 is 13.9 Å².